The number of rotatable bonds is 15. The van der Waals surface area contributed by atoms with E-state index < -0.39 is 0 Å². The average Bonchev–Trinajstić information content (AvgIpc) is 2.97. The van der Waals surface area contributed by atoms with Gasteiger partial charge in [-0.25, -0.2) is 0 Å². The predicted molar refractivity (Wildman–Crippen MR) is 168 cm³/mol. The lowest BCUT2D eigenvalue weighted by molar-refractivity contribution is -0.0317. The van der Waals surface area contributed by atoms with Crippen molar-refractivity contribution >= 4 is 0 Å². The highest BCUT2D eigenvalue weighted by molar-refractivity contribution is 4.96. The third kappa shape index (κ3) is 10.8. The summed E-state index contributed by atoms with van der Waals surface area (Å²) in [6, 6.07) is 0. The molecule has 3 aliphatic carbocycles. The Balaban J connectivity index is 0.000000265. The van der Waals surface area contributed by atoms with Crippen molar-refractivity contribution < 1.29 is 0 Å². The maximum Gasteiger partial charge on any atom is -0.0241 e. The Labute approximate surface area is 236 Å². The molecule has 0 N–H and O–H groups in total. The fraction of sp³-hybridized carbons (Fsp3) is 1.00. The minimum absolute atomic E-state index is 0.706. The third-order valence-corrected chi connectivity index (χ3v) is 11.7. The monoisotopic (exact) mass is 517 g/mol. The van der Waals surface area contributed by atoms with Crippen molar-refractivity contribution in [1.82, 2.24) is 0 Å². The van der Waals surface area contributed by atoms with E-state index in [4.69, 9.17) is 0 Å². The Bertz CT molecular complexity index is 431. The van der Waals surface area contributed by atoms with Crippen LogP contribution >= 0.6 is 0 Å². The molecule has 0 heterocycles. The van der Waals surface area contributed by atoms with Gasteiger partial charge in [0.05, 0.1) is 0 Å². The lowest BCUT2D eigenvalue weighted by atomic mass is 9.52. The molecule has 0 aliphatic heterocycles. The van der Waals surface area contributed by atoms with Gasteiger partial charge in [-0.15, -0.1) is 0 Å². The first-order chi connectivity index (χ1) is 18.1. The highest BCUT2D eigenvalue weighted by Gasteiger charge is 2.46. The Morgan fingerprint density at radius 3 is 0.865 bits per heavy atom. The molecule has 0 aromatic carbocycles. The lowest BCUT2D eigenvalue weighted by Crippen LogP contribution is -2.44. The van der Waals surface area contributed by atoms with Crippen molar-refractivity contribution in [1.29, 1.82) is 0 Å². The van der Waals surface area contributed by atoms with Gasteiger partial charge in [0.2, 0.25) is 0 Å². The molecule has 0 spiro atoms. The van der Waals surface area contributed by atoms with E-state index in [0.29, 0.717) is 10.8 Å². The van der Waals surface area contributed by atoms with Gasteiger partial charge in [0, 0.05) is 0 Å². The van der Waals surface area contributed by atoms with Gasteiger partial charge in [-0.3, -0.25) is 0 Å². The fourth-order valence-electron chi connectivity index (χ4n) is 9.13. The van der Waals surface area contributed by atoms with Crippen molar-refractivity contribution in [2.45, 2.75) is 208 Å². The Morgan fingerprint density at radius 2 is 0.649 bits per heavy atom. The van der Waals surface area contributed by atoms with Gasteiger partial charge in [0.1, 0.15) is 0 Å². The summed E-state index contributed by atoms with van der Waals surface area (Å²) in [6.07, 6.45) is 40.3. The zero-order valence-electron chi connectivity index (χ0n) is 26.8. The van der Waals surface area contributed by atoms with E-state index in [9.17, 15) is 0 Å². The van der Waals surface area contributed by atoms with E-state index in [1.807, 2.05) is 0 Å². The zero-order chi connectivity index (χ0) is 26.8. The van der Waals surface area contributed by atoms with Gasteiger partial charge < -0.3 is 0 Å². The van der Waals surface area contributed by atoms with E-state index in [2.05, 4.69) is 34.6 Å². The second-order valence-corrected chi connectivity index (χ2v) is 14.3. The molecule has 0 aromatic rings. The Morgan fingerprint density at radius 1 is 0.405 bits per heavy atom. The number of hydrogen-bond donors (Lipinski definition) is 0. The maximum atomic E-state index is 2.76. The Hall–Kier alpha value is 0. The van der Waals surface area contributed by atoms with Crippen molar-refractivity contribution in [2.75, 3.05) is 0 Å². The summed E-state index contributed by atoms with van der Waals surface area (Å²) in [5, 5.41) is 0. The molecule has 3 saturated carbocycles. The van der Waals surface area contributed by atoms with E-state index in [-0.39, 0.29) is 0 Å². The fourth-order valence-corrected chi connectivity index (χ4v) is 9.13. The average molecular weight is 517 g/mol. The van der Waals surface area contributed by atoms with Crippen LogP contribution in [0.4, 0.5) is 0 Å². The molecule has 3 aliphatic rings. The minimum atomic E-state index is 0.706. The van der Waals surface area contributed by atoms with Crippen molar-refractivity contribution in [2.24, 2.45) is 28.6 Å². The molecule has 220 valence electrons. The first-order valence-electron chi connectivity index (χ1n) is 18.1. The molecule has 0 unspecified atom stereocenters. The van der Waals surface area contributed by atoms with Crippen LogP contribution in [0.15, 0.2) is 0 Å². The molecule has 37 heavy (non-hydrogen) atoms. The summed E-state index contributed by atoms with van der Waals surface area (Å²) in [6.45, 7) is 12.1. The van der Waals surface area contributed by atoms with Crippen LogP contribution in [0.25, 0.3) is 0 Å². The Kier molecular flexibility index (Phi) is 17.2. The van der Waals surface area contributed by atoms with Crippen LogP contribution in [-0.2, 0) is 0 Å². The molecule has 3 rings (SSSR count). The van der Waals surface area contributed by atoms with Crippen LogP contribution in [0.5, 0.6) is 0 Å². The predicted octanol–water partition coefficient (Wildman–Crippen LogP) is 13.5. The normalized spacial score (nSPS) is 21.0. The van der Waals surface area contributed by atoms with Gasteiger partial charge in [-0.2, -0.15) is 0 Å². The van der Waals surface area contributed by atoms with Crippen LogP contribution in [0.3, 0.4) is 0 Å². The van der Waals surface area contributed by atoms with Gasteiger partial charge in [0.25, 0.3) is 0 Å². The van der Waals surface area contributed by atoms with Crippen molar-refractivity contribution in [3.63, 3.8) is 0 Å². The van der Waals surface area contributed by atoms with E-state index >= 15 is 0 Å². The van der Waals surface area contributed by atoms with Crippen LogP contribution < -0.4 is 0 Å². The van der Waals surface area contributed by atoms with E-state index in [1.165, 1.54) is 135 Å². The summed E-state index contributed by atoms with van der Waals surface area (Å²) in [5.41, 5.74) is 1.42. The molecule has 0 radical (unpaired) electrons. The van der Waals surface area contributed by atoms with Crippen LogP contribution in [0.2, 0.25) is 0 Å². The van der Waals surface area contributed by atoms with E-state index in [1.54, 1.807) is 38.5 Å². The largest absolute Gasteiger partial charge is 0.0654 e. The molecular weight excluding hydrogens is 444 g/mol. The summed E-state index contributed by atoms with van der Waals surface area (Å²) in [7, 11) is 0. The first-order valence-corrected chi connectivity index (χ1v) is 18.1. The van der Waals surface area contributed by atoms with Crippen LogP contribution in [0, 0.1) is 28.6 Å². The van der Waals surface area contributed by atoms with Crippen molar-refractivity contribution in [3.8, 4) is 0 Å². The molecule has 0 bridgehead atoms. The highest BCUT2D eigenvalue weighted by Crippen LogP contribution is 2.56. The molecular formula is C37H72. The molecule has 0 amide bonds. The van der Waals surface area contributed by atoms with Crippen LogP contribution in [0.1, 0.15) is 208 Å². The van der Waals surface area contributed by atoms with Gasteiger partial charge in [0.15, 0.2) is 0 Å². The van der Waals surface area contributed by atoms with Gasteiger partial charge in [-0.05, 0) is 92.8 Å². The SMILES string of the molecule is CC(C1CCCCC1)(C1CCCCC1)C1CCCCC1.CCCCC(CCCC)(CCCC)CCCC. The molecule has 3 fully saturated rings. The second-order valence-electron chi connectivity index (χ2n) is 14.3. The second kappa shape index (κ2) is 19.1. The zero-order valence-corrected chi connectivity index (χ0v) is 26.8. The lowest BCUT2D eigenvalue weighted by Gasteiger charge is -2.53. The number of hydrogen-bond acceptors (Lipinski definition) is 0. The summed E-state index contributed by atoms with van der Waals surface area (Å²) < 4.78 is 0. The summed E-state index contributed by atoms with van der Waals surface area (Å²) >= 11 is 0. The number of unbranched alkanes of at least 4 members (excludes halogenated alkanes) is 4. The minimum Gasteiger partial charge on any atom is -0.0654 e. The highest BCUT2D eigenvalue weighted by atomic mass is 14.5. The first kappa shape index (κ1) is 33.2. The molecule has 0 nitrogen and oxygen atoms in total. The maximum absolute atomic E-state index is 2.76. The third-order valence-electron chi connectivity index (χ3n) is 11.7. The van der Waals surface area contributed by atoms with Crippen molar-refractivity contribution in [3.05, 3.63) is 0 Å². The van der Waals surface area contributed by atoms with Gasteiger partial charge >= 0.3 is 0 Å². The quantitative estimate of drug-likeness (QED) is 0.203. The summed E-state index contributed by atoms with van der Waals surface area (Å²) in [4.78, 5) is 0. The van der Waals surface area contributed by atoms with E-state index in [0.717, 1.165) is 17.8 Å². The molecule has 0 aromatic heterocycles. The summed E-state index contributed by atoms with van der Waals surface area (Å²) in [5.74, 6) is 3.22. The molecule has 0 heteroatoms. The van der Waals surface area contributed by atoms with Crippen LogP contribution in [-0.4, -0.2) is 0 Å². The smallest absolute Gasteiger partial charge is 0.0241 e. The van der Waals surface area contributed by atoms with Gasteiger partial charge in [-0.1, -0.05) is 144 Å². The molecule has 0 saturated heterocycles. The topological polar surface area (TPSA) is 0 Å². The molecule has 0 atom stereocenters. The standard InChI is InChI=1S/C20H36.C17H36/c1-20(17-11-5-2-6-12-17,18-13-7-3-8-14-18)19-15-9-4-10-16-19;1-5-9-13-17(14-10-6-2,15-11-7-3)16-12-8-4/h17-19H,2-16H2,1H3;5-16H2,1-4H3.